The third-order valence-corrected chi connectivity index (χ3v) is 5.71. The van der Waals surface area contributed by atoms with Gasteiger partial charge < -0.3 is 9.80 Å². The van der Waals surface area contributed by atoms with E-state index < -0.39 is 0 Å². The second-order valence-corrected chi connectivity index (χ2v) is 7.34. The molecule has 3 rings (SSSR count). The van der Waals surface area contributed by atoms with Crippen LogP contribution in [0.15, 0.2) is 29.4 Å². The van der Waals surface area contributed by atoms with Gasteiger partial charge in [0.2, 0.25) is 11.8 Å². The number of amides is 2. The van der Waals surface area contributed by atoms with Crippen molar-refractivity contribution in [2.45, 2.75) is 31.2 Å². The quantitative estimate of drug-likeness (QED) is 0.774. The summed E-state index contributed by atoms with van der Waals surface area (Å²) in [6.07, 6.45) is 4.43. The topological polar surface area (TPSA) is 53.5 Å². The molecular weight excluding hydrogens is 310 g/mol. The summed E-state index contributed by atoms with van der Waals surface area (Å²) in [6, 6.07) is 5.70. The van der Waals surface area contributed by atoms with E-state index in [1.165, 1.54) is 11.8 Å². The Balaban J connectivity index is 1.55. The number of thioether (sulfide) groups is 1. The van der Waals surface area contributed by atoms with Gasteiger partial charge in [-0.1, -0.05) is 24.8 Å². The molecule has 2 aliphatic rings. The Morgan fingerprint density at radius 1 is 1.35 bits per heavy atom. The fourth-order valence-electron chi connectivity index (χ4n) is 3.50. The van der Waals surface area contributed by atoms with E-state index in [0.717, 1.165) is 37.4 Å². The van der Waals surface area contributed by atoms with Crippen molar-refractivity contribution in [2.24, 2.45) is 5.41 Å². The number of nitrogens with zero attached hydrogens (tertiary/aromatic N) is 3. The highest BCUT2D eigenvalue weighted by molar-refractivity contribution is 7.99. The maximum Gasteiger partial charge on any atom is 0.233 e. The Labute approximate surface area is 141 Å². The number of pyridine rings is 1. The van der Waals surface area contributed by atoms with Crippen molar-refractivity contribution in [3.05, 3.63) is 24.4 Å². The fraction of sp³-hybridized carbons (Fsp3) is 0.588. The van der Waals surface area contributed by atoms with Gasteiger partial charge in [-0.25, -0.2) is 4.98 Å². The fourth-order valence-corrected chi connectivity index (χ4v) is 4.26. The maximum atomic E-state index is 12.6. The minimum atomic E-state index is -0.305. The Morgan fingerprint density at radius 3 is 2.91 bits per heavy atom. The number of hydrogen-bond donors (Lipinski definition) is 0. The van der Waals surface area contributed by atoms with Crippen molar-refractivity contribution in [3.8, 4) is 0 Å². The van der Waals surface area contributed by atoms with E-state index in [4.69, 9.17) is 0 Å². The van der Waals surface area contributed by atoms with E-state index in [1.807, 2.05) is 28.0 Å². The van der Waals surface area contributed by atoms with Crippen molar-refractivity contribution in [3.63, 3.8) is 0 Å². The van der Waals surface area contributed by atoms with Gasteiger partial charge in [-0.15, -0.1) is 0 Å². The van der Waals surface area contributed by atoms with Crippen LogP contribution in [0.5, 0.6) is 0 Å². The molecule has 124 valence electrons. The normalized spacial score (nSPS) is 24.0. The summed E-state index contributed by atoms with van der Waals surface area (Å²) >= 11 is 1.46. The largest absolute Gasteiger partial charge is 0.342 e. The van der Waals surface area contributed by atoms with Gasteiger partial charge in [0.25, 0.3) is 0 Å². The third kappa shape index (κ3) is 3.37. The summed E-state index contributed by atoms with van der Waals surface area (Å²) in [4.78, 5) is 33.1. The molecule has 2 fully saturated rings. The van der Waals surface area contributed by atoms with Crippen LogP contribution in [0.3, 0.4) is 0 Å². The first-order valence-corrected chi connectivity index (χ1v) is 9.24. The summed E-state index contributed by atoms with van der Waals surface area (Å²) in [6.45, 7) is 5.07. The Hall–Kier alpha value is -1.56. The van der Waals surface area contributed by atoms with Gasteiger partial charge in [0.15, 0.2) is 0 Å². The van der Waals surface area contributed by atoms with Crippen LogP contribution in [-0.4, -0.2) is 58.5 Å². The smallest absolute Gasteiger partial charge is 0.233 e. The van der Waals surface area contributed by atoms with Crippen LogP contribution in [0.25, 0.3) is 0 Å². The molecular formula is C17H23N3O2S. The number of carbonyl (C=O) groups excluding carboxylic acids is 2. The highest BCUT2D eigenvalue weighted by Crippen LogP contribution is 2.40. The van der Waals surface area contributed by atoms with Crippen LogP contribution in [0.1, 0.15) is 26.2 Å². The molecule has 5 nitrogen and oxygen atoms in total. The van der Waals surface area contributed by atoms with E-state index in [2.05, 4.69) is 11.9 Å². The highest BCUT2D eigenvalue weighted by Gasteiger charge is 2.51. The zero-order valence-corrected chi connectivity index (χ0v) is 14.3. The molecule has 0 bridgehead atoms. The number of rotatable bonds is 5. The van der Waals surface area contributed by atoms with Crippen molar-refractivity contribution in [2.75, 3.05) is 31.9 Å². The lowest BCUT2D eigenvalue weighted by Gasteiger charge is -2.23. The van der Waals surface area contributed by atoms with Crippen molar-refractivity contribution in [1.29, 1.82) is 0 Å². The molecule has 23 heavy (non-hydrogen) atoms. The first-order chi connectivity index (χ1) is 11.1. The molecule has 0 aliphatic carbocycles. The lowest BCUT2D eigenvalue weighted by atomic mass is 9.85. The number of aromatic nitrogens is 1. The van der Waals surface area contributed by atoms with Gasteiger partial charge >= 0.3 is 0 Å². The van der Waals surface area contributed by atoms with Gasteiger partial charge in [0.1, 0.15) is 0 Å². The molecule has 2 amide bonds. The zero-order valence-electron chi connectivity index (χ0n) is 13.5. The minimum absolute atomic E-state index is 0.110. The third-order valence-electron chi connectivity index (χ3n) is 4.78. The predicted octanol–water partition coefficient (Wildman–Crippen LogP) is 2.03. The van der Waals surface area contributed by atoms with E-state index in [9.17, 15) is 9.59 Å². The molecule has 1 spiro atoms. The van der Waals surface area contributed by atoms with Gasteiger partial charge in [0, 0.05) is 32.4 Å². The molecule has 0 N–H and O–H groups in total. The van der Waals surface area contributed by atoms with Crippen molar-refractivity contribution in [1.82, 2.24) is 14.8 Å². The molecule has 1 aromatic heterocycles. The zero-order chi connectivity index (χ0) is 16.3. The van der Waals surface area contributed by atoms with Crippen molar-refractivity contribution >= 4 is 23.6 Å². The van der Waals surface area contributed by atoms with Crippen LogP contribution in [0.4, 0.5) is 0 Å². The van der Waals surface area contributed by atoms with E-state index in [1.54, 1.807) is 6.20 Å². The van der Waals surface area contributed by atoms with Crippen LogP contribution in [0.2, 0.25) is 0 Å². The van der Waals surface area contributed by atoms with Gasteiger partial charge in [-0.3, -0.25) is 9.59 Å². The van der Waals surface area contributed by atoms with Crippen LogP contribution >= 0.6 is 11.8 Å². The molecule has 1 atom stereocenters. The summed E-state index contributed by atoms with van der Waals surface area (Å²) in [5.74, 6) is 0.756. The van der Waals surface area contributed by atoms with E-state index in [-0.39, 0.29) is 17.2 Å². The summed E-state index contributed by atoms with van der Waals surface area (Å²) in [7, 11) is 0. The highest BCUT2D eigenvalue weighted by atomic mass is 32.2. The minimum Gasteiger partial charge on any atom is -0.342 e. The van der Waals surface area contributed by atoms with E-state index in [0.29, 0.717) is 18.8 Å². The molecule has 2 aliphatic heterocycles. The Morgan fingerprint density at radius 2 is 2.17 bits per heavy atom. The summed E-state index contributed by atoms with van der Waals surface area (Å²) in [5.41, 5.74) is -0.305. The average molecular weight is 333 g/mol. The number of carbonyl (C=O) groups is 2. The first-order valence-electron chi connectivity index (χ1n) is 8.25. The number of likely N-dealkylation sites (tertiary alicyclic amines) is 2. The van der Waals surface area contributed by atoms with Gasteiger partial charge in [-0.2, -0.15) is 0 Å². The standard InChI is InChI=1S/C17H23N3O2S/c1-2-9-19-10-6-17(16(19)22)7-11-20(13-17)15(21)12-23-14-5-3-4-8-18-14/h3-5,8H,2,6-7,9-13H2,1H3. The van der Waals surface area contributed by atoms with Crippen molar-refractivity contribution < 1.29 is 9.59 Å². The molecule has 2 saturated heterocycles. The van der Waals surface area contributed by atoms with E-state index >= 15 is 0 Å². The molecule has 0 aromatic carbocycles. The molecule has 0 saturated carbocycles. The molecule has 1 aromatic rings. The summed E-state index contributed by atoms with van der Waals surface area (Å²) in [5, 5.41) is 0.862. The van der Waals surface area contributed by atoms with Gasteiger partial charge in [-0.05, 0) is 31.4 Å². The second-order valence-electron chi connectivity index (χ2n) is 6.34. The lowest BCUT2D eigenvalue weighted by molar-refractivity contribution is -0.136. The monoisotopic (exact) mass is 333 g/mol. The first kappa shape index (κ1) is 16.3. The Bertz CT molecular complexity index is 580. The number of hydrogen-bond acceptors (Lipinski definition) is 4. The maximum absolute atomic E-state index is 12.6. The van der Waals surface area contributed by atoms with Gasteiger partial charge in [0.05, 0.1) is 16.2 Å². The van der Waals surface area contributed by atoms with Crippen LogP contribution < -0.4 is 0 Å². The average Bonchev–Trinajstić information content (AvgIpc) is 3.14. The lowest BCUT2D eigenvalue weighted by Crippen LogP contribution is -2.39. The molecule has 0 radical (unpaired) electrons. The molecule has 3 heterocycles. The second kappa shape index (κ2) is 6.91. The summed E-state index contributed by atoms with van der Waals surface area (Å²) < 4.78 is 0. The van der Waals surface area contributed by atoms with Crippen LogP contribution in [-0.2, 0) is 9.59 Å². The Kier molecular flexibility index (Phi) is 4.90. The molecule has 1 unspecified atom stereocenters. The SMILES string of the molecule is CCCN1CCC2(CCN(C(=O)CSc3ccccn3)C2)C1=O. The van der Waals surface area contributed by atoms with Crippen LogP contribution in [0, 0.1) is 5.41 Å². The molecule has 6 heteroatoms. The predicted molar refractivity (Wildman–Crippen MR) is 90.1 cm³/mol.